The number of aryl methyl sites for hydroxylation is 1. The van der Waals surface area contributed by atoms with E-state index in [4.69, 9.17) is 17.3 Å². The van der Waals surface area contributed by atoms with Crippen molar-refractivity contribution in [3.8, 4) is 0 Å². The summed E-state index contributed by atoms with van der Waals surface area (Å²) in [6.45, 7) is 1.99. The van der Waals surface area contributed by atoms with Gasteiger partial charge in [0.25, 0.3) is 0 Å². The maximum atomic E-state index is 13.3. The summed E-state index contributed by atoms with van der Waals surface area (Å²) in [6, 6.07) is 8.35. The predicted octanol–water partition coefficient (Wildman–Crippen LogP) is 3.43. The second-order valence-corrected chi connectivity index (χ2v) is 4.72. The first kappa shape index (κ1) is 13.0. The first-order valence-electron chi connectivity index (χ1n) is 5.68. The van der Waals surface area contributed by atoms with E-state index in [1.165, 1.54) is 6.07 Å². The van der Waals surface area contributed by atoms with Gasteiger partial charge in [-0.1, -0.05) is 17.7 Å². The lowest BCUT2D eigenvalue weighted by molar-refractivity contribution is 0.621. The van der Waals surface area contributed by atoms with Crippen LogP contribution in [0.15, 0.2) is 36.5 Å². The van der Waals surface area contributed by atoms with Crippen LogP contribution in [0.25, 0.3) is 0 Å². The van der Waals surface area contributed by atoms with Crippen LogP contribution in [-0.2, 0) is 6.42 Å². The van der Waals surface area contributed by atoms with E-state index in [0.29, 0.717) is 6.42 Å². The van der Waals surface area contributed by atoms with Gasteiger partial charge in [0.2, 0.25) is 0 Å². The van der Waals surface area contributed by atoms with Crippen molar-refractivity contribution in [2.75, 3.05) is 0 Å². The van der Waals surface area contributed by atoms with Crippen molar-refractivity contribution in [1.82, 2.24) is 4.98 Å². The lowest BCUT2D eigenvalue weighted by atomic mass is 10.0. The van der Waals surface area contributed by atoms with E-state index in [1.807, 2.05) is 19.1 Å². The SMILES string of the molecule is Cc1ccnc(C(N)Cc2ccc(Cl)c(F)c2)c1. The number of rotatable bonds is 3. The molecule has 1 unspecified atom stereocenters. The minimum absolute atomic E-state index is 0.126. The number of nitrogens with zero attached hydrogens (tertiary/aromatic N) is 1. The molecule has 1 aromatic heterocycles. The third kappa shape index (κ3) is 3.06. The smallest absolute Gasteiger partial charge is 0.142 e. The molecule has 0 spiro atoms. The highest BCUT2D eigenvalue weighted by Crippen LogP contribution is 2.19. The van der Waals surface area contributed by atoms with Gasteiger partial charge in [0.15, 0.2) is 0 Å². The Kier molecular flexibility index (Phi) is 3.94. The van der Waals surface area contributed by atoms with Gasteiger partial charge in [0.1, 0.15) is 5.82 Å². The molecule has 1 atom stereocenters. The van der Waals surface area contributed by atoms with Crippen molar-refractivity contribution in [3.63, 3.8) is 0 Å². The predicted molar refractivity (Wildman–Crippen MR) is 71.0 cm³/mol. The molecule has 2 aromatic rings. The van der Waals surface area contributed by atoms with Crippen LogP contribution in [0.2, 0.25) is 5.02 Å². The van der Waals surface area contributed by atoms with Gasteiger partial charge in [-0.2, -0.15) is 0 Å². The molecule has 94 valence electrons. The summed E-state index contributed by atoms with van der Waals surface area (Å²) in [7, 11) is 0. The summed E-state index contributed by atoms with van der Waals surface area (Å²) in [4.78, 5) is 4.23. The molecule has 0 saturated carbocycles. The Morgan fingerprint density at radius 2 is 2.11 bits per heavy atom. The highest BCUT2D eigenvalue weighted by Gasteiger charge is 2.10. The van der Waals surface area contributed by atoms with Crippen LogP contribution in [0.5, 0.6) is 0 Å². The van der Waals surface area contributed by atoms with Crippen molar-refractivity contribution < 1.29 is 4.39 Å². The number of benzene rings is 1. The average molecular weight is 265 g/mol. The number of hydrogen-bond donors (Lipinski definition) is 1. The standard InChI is InChI=1S/C14H14ClFN2/c1-9-4-5-18-14(6-9)13(17)8-10-2-3-11(15)12(16)7-10/h2-7,13H,8,17H2,1H3. The monoisotopic (exact) mass is 264 g/mol. The lowest BCUT2D eigenvalue weighted by Gasteiger charge is -2.12. The largest absolute Gasteiger partial charge is 0.322 e. The third-order valence-corrected chi connectivity index (χ3v) is 3.06. The maximum Gasteiger partial charge on any atom is 0.142 e. The molecule has 0 saturated heterocycles. The molecule has 0 aliphatic heterocycles. The van der Waals surface area contributed by atoms with E-state index in [1.54, 1.807) is 18.3 Å². The molecule has 1 aromatic carbocycles. The second-order valence-electron chi connectivity index (χ2n) is 4.32. The second kappa shape index (κ2) is 5.46. The molecule has 4 heteroatoms. The van der Waals surface area contributed by atoms with Crippen LogP contribution in [0.4, 0.5) is 4.39 Å². The van der Waals surface area contributed by atoms with Crippen molar-refractivity contribution in [2.24, 2.45) is 5.73 Å². The fraction of sp³-hybridized carbons (Fsp3) is 0.214. The van der Waals surface area contributed by atoms with Gasteiger partial charge in [-0.3, -0.25) is 4.98 Å². The van der Waals surface area contributed by atoms with Crippen molar-refractivity contribution >= 4 is 11.6 Å². The number of hydrogen-bond acceptors (Lipinski definition) is 2. The zero-order valence-electron chi connectivity index (χ0n) is 10.0. The van der Waals surface area contributed by atoms with Gasteiger partial charge in [0.05, 0.1) is 16.8 Å². The first-order chi connectivity index (χ1) is 8.56. The number of halogens is 2. The molecule has 1 heterocycles. The number of pyridine rings is 1. The Bertz CT molecular complexity index is 557. The van der Waals surface area contributed by atoms with Gasteiger partial charge >= 0.3 is 0 Å². The zero-order valence-corrected chi connectivity index (χ0v) is 10.8. The molecule has 2 rings (SSSR count). The average Bonchev–Trinajstić information content (AvgIpc) is 2.34. The van der Waals surface area contributed by atoms with Crippen LogP contribution in [0.1, 0.15) is 22.9 Å². The van der Waals surface area contributed by atoms with Crippen LogP contribution in [-0.4, -0.2) is 4.98 Å². The molecule has 18 heavy (non-hydrogen) atoms. The molecule has 0 fully saturated rings. The summed E-state index contributed by atoms with van der Waals surface area (Å²) in [5, 5.41) is 0.126. The van der Waals surface area contributed by atoms with Crippen LogP contribution in [0.3, 0.4) is 0 Å². The van der Waals surface area contributed by atoms with Crippen molar-refractivity contribution in [2.45, 2.75) is 19.4 Å². The van der Waals surface area contributed by atoms with Gasteiger partial charge in [-0.05, 0) is 48.7 Å². The lowest BCUT2D eigenvalue weighted by Crippen LogP contribution is -2.15. The quantitative estimate of drug-likeness (QED) is 0.923. The van der Waals surface area contributed by atoms with Gasteiger partial charge in [-0.25, -0.2) is 4.39 Å². The minimum atomic E-state index is -0.418. The van der Waals surface area contributed by atoms with Crippen molar-refractivity contribution in [1.29, 1.82) is 0 Å². The first-order valence-corrected chi connectivity index (χ1v) is 6.06. The molecule has 2 nitrogen and oxygen atoms in total. The molecular formula is C14H14ClFN2. The third-order valence-electron chi connectivity index (χ3n) is 2.76. The summed E-state index contributed by atoms with van der Waals surface area (Å²) >= 11 is 5.64. The van der Waals surface area contributed by atoms with E-state index in [0.717, 1.165) is 16.8 Å². The fourth-order valence-electron chi connectivity index (χ4n) is 1.79. The van der Waals surface area contributed by atoms with Gasteiger partial charge in [0, 0.05) is 6.20 Å². The summed E-state index contributed by atoms with van der Waals surface area (Å²) in [6.07, 6.45) is 2.26. The van der Waals surface area contributed by atoms with E-state index in [2.05, 4.69) is 4.98 Å². The number of nitrogens with two attached hydrogens (primary N) is 1. The van der Waals surface area contributed by atoms with E-state index >= 15 is 0 Å². The van der Waals surface area contributed by atoms with Crippen molar-refractivity contribution in [3.05, 3.63) is 64.2 Å². The molecular weight excluding hydrogens is 251 g/mol. The maximum absolute atomic E-state index is 13.3. The fourth-order valence-corrected chi connectivity index (χ4v) is 1.90. The normalized spacial score (nSPS) is 12.4. The molecule has 0 aliphatic rings. The van der Waals surface area contributed by atoms with Gasteiger partial charge in [-0.15, -0.1) is 0 Å². The van der Waals surface area contributed by atoms with Crippen LogP contribution >= 0.6 is 11.6 Å². The van der Waals surface area contributed by atoms with Gasteiger partial charge < -0.3 is 5.73 Å². The summed E-state index contributed by atoms with van der Waals surface area (Å²) in [5.41, 5.74) is 8.80. The Hall–Kier alpha value is -1.45. The van der Waals surface area contributed by atoms with Crippen LogP contribution < -0.4 is 5.73 Å². The molecule has 0 radical (unpaired) electrons. The topological polar surface area (TPSA) is 38.9 Å². The van der Waals surface area contributed by atoms with E-state index in [9.17, 15) is 4.39 Å². The zero-order chi connectivity index (χ0) is 13.1. The molecule has 2 N–H and O–H groups in total. The summed E-state index contributed by atoms with van der Waals surface area (Å²) < 4.78 is 13.3. The Labute approximate surface area is 111 Å². The minimum Gasteiger partial charge on any atom is -0.322 e. The van der Waals surface area contributed by atoms with Crippen LogP contribution in [0, 0.1) is 12.7 Å². The summed E-state index contributed by atoms with van der Waals surface area (Å²) in [5.74, 6) is -0.418. The number of aromatic nitrogens is 1. The molecule has 0 aliphatic carbocycles. The molecule has 0 bridgehead atoms. The highest BCUT2D eigenvalue weighted by atomic mass is 35.5. The Morgan fingerprint density at radius 3 is 2.78 bits per heavy atom. The van der Waals surface area contributed by atoms with E-state index in [-0.39, 0.29) is 11.1 Å². The Balaban J connectivity index is 2.16. The Morgan fingerprint density at radius 1 is 1.33 bits per heavy atom. The highest BCUT2D eigenvalue weighted by molar-refractivity contribution is 6.30. The van der Waals surface area contributed by atoms with E-state index < -0.39 is 5.82 Å². The molecule has 0 amide bonds.